The van der Waals surface area contributed by atoms with Crippen LogP contribution in [0.25, 0.3) is 0 Å². The molecule has 0 amide bonds. The van der Waals surface area contributed by atoms with Crippen LogP contribution in [-0.4, -0.2) is 43.4 Å². The third kappa shape index (κ3) is 5.16. The zero-order chi connectivity index (χ0) is 17.8. The smallest absolute Gasteiger partial charge is 0.462 e. The number of hydrogen-bond donors (Lipinski definition) is 1. The number of carbonyl (C=O) groups is 2. The molecule has 7 nitrogen and oxygen atoms in total. The minimum Gasteiger partial charge on any atom is -0.462 e. The highest BCUT2D eigenvalue weighted by atomic mass is 32.2. The summed E-state index contributed by atoms with van der Waals surface area (Å²) in [5, 5.41) is -5.06. The van der Waals surface area contributed by atoms with E-state index < -0.39 is 46.4 Å². The van der Waals surface area contributed by atoms with Crippen molar-refractivity contribution in [1.82, 2.24) is 0 Å². The summed E-state index contributed by atoms with van der Waals surface area (Å²) in [4.78, 5) is 22.5. The number of carbonyl (C=O) groups excluding carboxylic acids is 2. The van der Waals surface area contributed by atoms with Gasteiger partial charge in [-0.3, -0.25) is 9.35 Å². The monoisotopic (exact) mass is 346 g/mol. The zero-order valence-corrected chi connectivity index (χ0v) is 13.6. The second-order valence-corrected chi connectivity index (χ2v) is 6.82. The maximum atomic E-state index is 12.8. The van der Waals surface area contributed by atoms with E-state index in [1.54, 1.807) is 6.92 Å². The average molecular weight is 346 g/mol. The van der Waals surface area contributed by atoms with E-state index in [0.717, 1.165) is 0 Å². The summed E-state index contributed by atoms with van der Waals surface area (Å²) in [6.45, 7) is 5.98. The van der Waals surface area contributed by atoms with E-state index in [-0.39, 0.29) is 5.41 Å². The molecule has 0 aromatic rings. The predicted octanol–water partition coefficient (Wildman–Crippen LogP) is 1.63. The molecule has 0 aromatic heterocycles. The topological polar surface area (TPSA) is 107 Å². The standard InChI is InChI=1S/C12H20F2O7S/c1-5-11(3,4)8(2)9(15)20-6-7-21-10(16)12(13,14)22(17,18)19/h8H,5-7H2,1-4H3,(H,17,18,19). The lowest BCUT2D eigenvalue weighted by atomic mass is 9.78. The number of ether oxygens (including phenoxy) is 2. The molecule has 0 aliphatic rings. The molecule has 0 aliphatic carbocycles. The molecular formula is C12H20F2O7S. The first kappa shape index (κ1) is 20.7. The molecule has 1 N–H and O–H groups in total. The molecule has 1 unspecified atom stereocenters. The lowest BCUT2D eigenvalue weighted by molar-refractivity contribution is -0.166. The molecule has 0 aromatic carbocycles. The van der Waals surface area contributed by atoms with Gasteiger partial charge < -0.3 is 9.47 Å². The Labute approximate surface area is 127 Å². The van der Waals surface area contributed by atoms with E-state index in [0.29, 0.717) is 6.42 Å². The van der Waals surface area contributed by atoms with Crippen LogP contribution < -0.4 is 0 Å². The molecule has 10 heteroatoms. The fraction of sp³-hybridized carbons (Fsp3) is 0.833. The van der Waals surface area contributed by atoms with Gasteiger partial charge in [0.15, 0.2) is 0 Å². The van der Waals surface area contributed by atoms with Crippen LogP contribution in [0.3, 0.4) is 0 Å². The van der Waals surface area contributed by atoms with Gasteiger partial charge in [-0.15, -0.1) is 0 Å². The van der Waals surface area contributed by atoms with E-state index in [9.17, 15) is 26.8 Å². The van der Waals surface area contributed by atoms with Crippen LogP contribution >= 0.6 is 0 Å². The van der Waals surface area contributed by atoms with Crippen LogP contribution in [-0.2, 0) is 29.2 Å². The van der Waals surface area contributed by atoms with Crippen molar-refractivity contribution in [1.29, 1.82) is 0 Å². The number of halogens is 2. The maximum Gasteiger partial charge on any atom is 0.465 e. The second kappa shape index (κ2) is 7.32. The van der Waals surface area contributed by atoms with Crippen LogP contribution in [0.2, 0.25) is 0 Å². The predicted molar refractivity (Wildman–Crippen MR) is 71.6 cm³/mol. The SMILES string of the molecule is CCC(C)(C)C(C)C(=O)OCCOC(=O)C(F)(F)S(=O)(=O)O. The van der Waals surface area contributed by atoms with Gasteiger partial charge in [0.2, 0.25) is 0 Å². The third-order valence-corrected chi connectivity index (χ3v) is 4.37. The molecule has 0 fully saturated rings. The number of alkyl halides is 2. The largest absolute Gasteiger partial charge is 0.465 e. The van der Waals surface area contributed by atoms with Crippen molar-refractivity contribution >= 4 is 22.1 Å². The van der Waals surface area contributed by atoms with Crippen molar-refractivity contribution in [3.05, 3.63) is 0 Å². The van der Waals surface area contributed by atoms with E-state index in [2.05, 4.69) is 4.74 Å². The number of hydrogen-bond acceptors (Lipinski definition) is 6. The molecule has 0 saturated carbocycles. The van der Waals surface area contributed by atoms with E-state index in [1.165, 1.54) is 0 Å². The van der Waals surface area contributed by atoms with Gasteiger partial charge >= 0.3 is 27.3 Å². The van der Waals surface area contributed by atoms with Crippen LogP contribution in [0, 0.1) is 11.3 Å². The number of rotatable bonds is 8. The van der Waals surface area contributed by atoms with Crippen LogP contribution in [0.15, 0.2) is 0 Å². The van der Waals surface area contributed by atoms with Crippen LogP contribution in [0.4, 0.5) is 8.78 Å². The molecule has 22 heavy (non-hydrogen) atoms. The molecule has 0 heterocycles. The molecular weight excluding hydrogens is 326 g/mol. The van der Waals surface area contributed by atoms with Gasteiger partial charge in [-0.25, -0.2) is 4.79 Å². The van der Waals surface area contributed by atoms with Crippen molar-refractivity contribution in [3.8, 4) is 0 Å². The summed E-state index contributed by atoms with van der Waals surface area (Å²) >= 11 is 0. The molecule has 1 atom stereocenters. The molecule has 0 spiro atoms. The zero-order valence-electron chi connectivity index (χ0n) is 12.8. The van der Waals surface area contributed by atoms with E-state index in [4.69, 9.17) is 9.29 Å². The fourth-order valence-corrected chi connectivity index (χ4v) is 1.49. The van der Waals surface area contributed by atoms with Crippen molar-refractivity contribution in [2.45, 2.75) is 39.4 Å². The van der Waals surface area contributed by atoms with E-state index >= 15 is 0 Å². The Hall–Kier alpha value is -1.29. The minimum absolute atomic E-state index is 0.328. The van der Waals surface area contributed by atoms with Crippen LogP contribution in [0.5, 0.6) is 0 Å². The van der Waals surface area contributed by atoms with Gasteiger partial charge in [-0.1, -0.05) is 34.1 Å². The van der Waals surface area contributed by atoms with Crippen molar-refractivity contribution in [2.24, 2.45) is 11.3 Å². The quantitative estimate of drug-likeness (QED) is 0.404. The Kier molecular flexibility index (Phi) is 6.89. The summed E-state index contributed by atoms with van der Waals surface area (Å²) in [5.41, 5.74) is -0.328. The lowest BCUT2D eigenvalue weighted by Crippen LogP contribution is -2.39. The first-order valence-corrected chi connectivity index (χ1v) is 7.90. The van der Waals surface area contributed by atoms with Gasteiger partial charge in [0.1, 0.15) is 13.2 Å². The highest BCUT2D eigenvalue weighted by Crippen LogP contribution is 2.30. The van der Waals surface area contributed by atoms with Crippen molar-refractivity contribution in [2.75, 3.05) is 13.2 Å². The van der Waals surface area contributed by atoms with Crippen molar-refractivity contribution < 1.29 is 40.8 Å². The molecule has 130 valence electrons. The van der Waals surface area contributed by atoms with E-state index in [1.807, 2.05) is 20.8 Å². The summed E-state index contributed by atoms with van der Waals surface area (Å²) in [7, 11) is -5.91. The first-order chi connectivity index (χ1) is 9.77. The molecule has 0 radical (unpaired) electrons. The minimum atomic E-state index is -5.91. The summed E-state index contributed by atoms with van der Waals surface area (Å²) in [6, 6.07) is 0. The Morgan fingerprint density at radius 1 is 1.18 bits per heavy atom. The van der Waals surface area contributed by atoms with Gasteiger partial charge in [0.05, 0.1) is 5.92 Å². The maximum absolute atomic E-state index is 12.8. The normalized spacial score (nSPS) is 14.3. The Morgan fingerprint density at radius 3 is 2.05 bits per heavy atom. The van der Waals surface area contributed by atoms with Crippen LogP contribution in [0.1, 0.15) is 34.1 Å². The number of esters is 2. The molecule has 0 aliphatic heterocycles. The lowest BCUT2D eigenvalue weighted by Gasteiger charge is -2.28. The fourth-order valence-electron chi connectivity index (χ4n) is 1.22. The molecule has 0 bridgehead atoms. The third-order valence-electron chi connectivity index (χ3n) is 3.56. The molecule has 0 rings (SSSR count). The van der Waals surface area contributed by atoms with Gasteiger partial charge in [-0.2, -0.15) is 17.2 Å². The van der Waals surface area contributed by atoms with Gasteiger partial charge in [-0.05, 0) is 5.41 Å². The second-order valence-electron chi connectivity index (χ2n) is 5.36. The average Bonchev–Trinajstić information content (AvgIpc) is 2.40. The Bertz CT molecular complexity index is 514. The summed E-state index contributed by atoms with van der Waals surface area (Å²) in [5.74, 6) is -3.50. The Morgan fingerprint density at radius 2 is 1.64 bits per heavy atom. The highest BCUT2D eigenvalue weighted by molar-refractivity contribution is 7.87. The summed E-state index contributed by atoms with van der Waals surface area (Å²) in [6.07, 6.45) is 0.707. The first-order valence-electron chi connectivity index (χ1n) is 6.46. The Balaban J connectivity index is 4.36. The molecule has 0 saturated heterocycles. The van der Waals surface area contributed by atoms with Gasteiger partial charge in [0.25, 0.3) is 0 Å². The summed E-state index contributed by atoms with van der Waals surface area (Å²) < 4.78 is 63.1. The van der Waals surface area contributed by atoms with Gasteiger partial charge in [0, 0.05) is 0 Å². The highest BCUT2D eigenvalue weighted by Gasteiger charge is 2.54. The van der Waals surface area contributed by atoms with Crippen molar-refractivity contribution in [3.63, 3.8) is 0 Å².